The second-order valence-corrected chi connectivity index (χ2v) is 7.31. The fraction of sp³-hybridized carbons (Fsp3) is 0.400. The van der Waals surface area contributed by atoms with E-state index in [1.54, 1.807) is 25.3 Å². The lowest BCUT2D eigenvalue weighted by Gasteiger charge is -2.23. The predicted molar refractivity (Wildman–Crippen MR) is 74.0 cm³/mol. The minimum Gasteiger partial charge on any atom is -0.381 e. The van der Waals surface area contributed by atoms with E-state index in [4.69, 9.17) is 4.74 Å². The molecule has 0 unspecified atom stereocenters. The van der Waals surface area contributed by atoms with Gasteiger partial charge in [0.2, 0.25) is 0 Å². The molecule has 0 saturated heterocycles. The minimum atomic E-state index is -3.67. The van der Waals surface area contributed by atoms with E-state index in [9.17, 15) is 13.2 Å². The normalized spacial score (nSPS) is 29.4. The molecule has 20 heavy (non-hydrogen) atoms. The molecule has 1 saturated carbocycles. The van der Waals surface area contributed by atoms with Crippen LogP contribution in [0.25, 0.3) is 0 Å². The molecular weight excluding hydrogens is 276 g/mol. The van der Waals surface area contributed by atoms with Gasteiger partial charge in [0.1, 0.15) is 5.25 Å². The van der Waals surface area contributed by atoms with Gasteiger partial charge in [0.15, 0.2) is 15.6 Å². The molecule has 2 aliphatic carbocycles. The third-order valence-electron chi connectivity index (χ3n) is 4.19. The van der Waals surface area contributed by atoms with Crippen molar-refractivity contribution in [2.45, 2.75) is 29.1 Å². The largest absolute Gasteiger partial charge is 0.381 e. The summed E-state index contributed by atoms with van der Waals surface area (Å²) >= 11 is 0. The average Bonchev–Trinajstić information content (AvgIpc) is 2.97. The Bertz CT molecular complexity index is 660. The summed E-state index contributed by atoms with van der Waals surface area (Å²) in [7, 11) is -2.09. The van der Waals surface area contributed by atoms with Gasteiger partial charge in [-0.2, -0.15) is 0 Å². The van der Waals surface area contributed by atoms with E-state index in [2.05, 4.69) is 0 Å². The monoisotopic (exact) mass is 292 g/mol. The lowest BCUT2D eigenvalue weighted by atomic mass is 10.0. The van der Waals surface area contributed by atoms with Crippen molar-refractivity contribution >= 4 is 15.6 Å². The van der Waals surface area contributed by atoms with E-state index in [0.717, 1.165) is 18.4 Å². The molecule has 4 nitrogen and oxygen atoms in total. The molecule has 2 aliphatic rings. The molecule has 1 fully saturated rings. The molecule has 0 amide bonds. The Balaban J connectivity index is 2.04. The number of allylic oxidation sites excluding steroid dienone is 1. The summed E-state index contributed by atoms with van der Waals surface area (Å²) in [6, 6.07) is 8.17. The molecule has 3 rings (SSSR count). The van der Waals surface area contributed by atoms with Crippen LogP contribution >= 0.6 is 0 Å². The zero-order chi connectivity index (χ0) is 14.3. The number of carbonyl (C=O) groups is 1. The van der Waals surface area contributed by atoms with E-state index >= 15 is 0 Å². The number of benzene rings is 1. The number of methoxy groups -OCH3 is 1. The fourth-order valence-corrected chi connectivity index (χ4v) is 5.20. The summed E-state index contributed by atoms with van der Waals surface area (Å²) in [5.74, 6) is -0.631. The van der Waals surface area contributed by atoms with E-state index < -0.39 is 15.1 Å². The standard InChI is InChI=1S/C15H16O4S/c1-19-13-8-7-10-9-12(16)15(14(10)13)20(17,18)11-5-3-2-4-6-11/h2-6,9,13-15H,7-8H2,1H3/t13-,14+,15-/m0/s1. The van der Waals surface area contributed by atoms with Crippen LogP contribution in [0, 0.1) is 5.92 Å². The maximum absolute atomic E-state index is 12.7. The second kappa shape index (κ2) is 4.82. The van der Waals surface area contributed by atoms with Gasteiger partial charge in [-0.05, 0) is 31.1 Å². The SMILES string of the molecule is CO[C@H]1CCC2=CC(=O)[C@H](S(=O)(=O)c3ccccc3)[C@H]21. The number of hydrogen-bond donors (Lipinski definition) is 0. The molecule has 106 valence electrons. The summed E-state index contributed by atoms with van der Waals surface area (Å²) in [6.07, 6.45) is 2.85. The highest BCUT2D eigenvalue weighted by Gasteiger charge is 2.51. The van der Waals surface area contributed by atoms with Crippen molar-refractivity contribution in [3.8, 4) is 0 Å². The quantitative estimate of drug-likeness (QED) is 0.852. The molecule has 0 aliphatic heterocycles. The summed E-state index contributed by atoms with van der Waals surface area (Å²) < 4.78 is 30.9. The van der Waals surface area contributed by atoms with Gasteiger partial charge in [0.25, 0.3) is 0 Å². The lowest BCUT2D eigenvalue weighted by molar-refractivity contribution is -0.114. The Labute approximate surface area is 118 Å². The summed E-state index contributed by atoms with van der Waals surface area (Å²) in [5.41, 5.74) is 0.923. The van der Waals surface area contributed by atoms with Crippen LogP contribution in [0.5, 0.6) is 0 Å². The maximum Gasteiger partial charge on any atom is 0.189 e. The van der Waals surface area contributed by atoms with Crippen LogP contribution in [0.4, 0.5) is 0 Å². The van der Waals surface area contributed by atoms with Gasteiger partial charge >= 0.3 is 0 Å². The molecule has 0 radical (unpaired) electrons. The number of hydrogen-bond acceptors (Lipinski definition) is 4. The highest BCUT2D eigenvalue weighted by Crippen LogP contribution is 2.44. The molecule has 1 aromatic rings. The number of sulfone groups is 1. The van der Waals surface area contributed by atoms with Crippen molar-refractivity contribution in [2.75, 3.05) is 7.11 Å². The van der Waals surface area contributed by atoms with Crippen molar-refractivity contribution in [3.63, 3.8) is 0 Å². The molecule has 0 heterocycles. The first-order valence-corrected chi connectivity index (χ1v) is 8.16. The Kier molecular flexibility index (Phi) is 3.26. The van der Waals surface area contributed by atoms with Crippen LogP contribution in [0.1, 0.15) is 12.8 Å². The number of rotatable bonds is 3. The smallest absolute Gasteiger partial charge is 0.189 e. The zero-order valence-electron chi connectivity index (χ0n) is 11.2. The van der Waals surface area contributed by atoms with Crippen molar-refractivity contribution in [2.24, 2.45) is 5.92 Å². The van der Waals surface area contributed by atoms with Crippen LogP contribution in [-0.4, -0.2) is 32.7 Å². The summed E-state index contributed by atoms with van der Waals surface area (Å²) in [5, 5.41) is -1.02. The van der Waals surface area contributed by atoms with Crippen molar-refractivity contribution in [1.29, 1.82) is 0 Å². The Morgan fingerprint density at radius 2 is 1.90 bits per heavy atom. The number of ketones is 1. The van der Waals surface area contributed by atoms with Gasteiger partial charge in [0, 0.05) is 13.0 Å². The lowest BCUT2D eigenvalue weighted by Crippen LogP contribution is -2.37. The highest BCUT2D eigenvalue weighted by molar-refractivity contribution is 7.93. The van der Waals surface area contributed by atoms with E-state index in [-0.39, 0.29) is 22.7 Å². The van der Waals surface area contributed by atoms with Crippen molar-refractivity contribution in [1.82, 2.24) is 0 Å². The fourth-order valence-electron chi connectivity index (χ4n) is 3.26. The van der Waals surface area contributed by atoms with Gasteiger partial charge in [-0.1, -0.05) is 23.8 Å². The Morgan fingerprint density at radius 1 is 1.20 bits per heavy atom. The average molecular weight is 292 g/mol. The second-order valence-electron chi connectivity index (χ2n) is 5.24. The van der Waals surface area contributed by atoms with Crippen LogP contribution in [0.2, 0.25) is 0 Å². The van der Waals surface area contributed by atoms with Gasteiger partial charge in [-0.15, -0.1) is 0 Å². The molecule has 3 atom stereocenters. The molecule has 1 aromatic carbocycles. The predicted octanol–water partition coefficient (Wildman–Crippen LogP) is 1.76. The molecular formula is C15H16O4S. The molecule has 0 spiro atoms. The van der Waals surface area contributed by atoms with Crippen LogP contribution in [0.15, 0.2) is 46.9 Å². The van der Waals surface area contributed by atoms with Crippen LogP contribution < -0.4 is 0 Å². The topological polar surface area (TPSA) is 60.4 Å². The highest BCUT2D eigenvalue weighted by atomic mass is 32.2. The zero-order valence-corrected chi connectivity index (χ0v) is 12.0. The van der Waals surface area contributed by atoms with Crippen molar-refractivity contribution < 1.29 is 17.9 Å². The first-order valence-electron chi connectivity index (χ1n) is 6.62. The number of ether oxygens (including phenoxy) is 1. The van der Waals surface area contributed by atoms with E-state index in [0.29, 0.717) is 0 Å². The number of carbonyl (C=O) groups excluding carboxylic acids is 1. The van der Waals surface area contributed by atoms with Gasteiger partial charge in [0.05, 0.1) is 11.0 Å². The van der Waals surface area contributed by atoms with Gasteiger partial charge in [-0.3, -0.25) is 4.79 Å². The Morgan fingerprint density at radius 3 is 2.55 bits per heavy atom. The molecule has 5 heteroatoms. The summed E-state index contributed by atoms with van der Waals surface area (Å²) in [4.78, 5) is 12.4. The van der Waals surface area contributed by atoms with Crippen LogP contribution in [0.3, 0.4) is 0 Å². The molecule has 0 bridgehead atoms. The first-order chi connectivity index (χ1) is 9.55. The molecule has 0 N–H and O–H groups in total. The van der Waals surface area contributed by atoms with E-state index in [1.165, 1.54) is 18.2 Å². The third kappa shape index (κ3) is 1.93. The van der Waals surface area contributed by atoms with Gasteiger partial charge < -0.3 is 4.74 Å². The molecule has 0 aromatic heterocycles. The number of fused-ring (bicyclic) bond motifs is 1. The third-order valence-corrected chi connectivity index (χ3v) is 6.31. The van der Waals surface area contributed by atoms with E-state index in [1.807, 2.05) is 0 Å². The van der Waals surface area contributed by atoms with Gasteiger partial charge in [-0.25, -0.2) is 8.42 Å². The van der Waals surface area contributed by atoms with Crippen LogP contribution in [-0.2, 0) is 19.4 Å². The maximum atomic E-state index is 12.7. The first kappa shape index (κ1) is 13.5. The Hall–Kier alpha value is -1.46. The van der Waals surface area contributed by atoms with Crippen molar-refractivity contribution in [3.05, 3.63) is 42.0 Å². The minimum absolute atomic E-state index is 0.184. The summed E-state index contributed by atoms with van der Waals surface area (Å²) in [6.45, 7) is 0.